The average molecular weight is 300 g/mol. The normalized spacial score (nSPS) is 24.2. The van der Waals surface area contributed by atoms with Crippen LogP contribution in [0.3, 0.4) is 0 Å². The van der Waals surface area contributed by atoms with Crippen LogP contribution in [-0.4, -0.2) is 12.6 Å². The Hall–Kier alpha value is -0.240. The highest BCUT2D eigenvalue weighted by molar-refractivity contribution is 6.35. The summed E-state index contributed by atoms with van der Waals surface area (Å²) in [6.45, 7) is 3.37. The van der Waals surface area contributed by atoms with E-state index in [1.165, 1.54) is 37.7 Å². The molecular formula is C16H23Cl2N. The summed E-state index contributed by atoms with van der Waals surface area (Å²) in [5, 5.41) is 5.17. The second-order valence-corrected chi connectivity index (χ2v) is 6.59. The van der Waals surface area contributed by atoms with Gasteiger partial charge in [-0.3, -0.25) is 0 Å². The van der Waals surface area contributed by atoms with Crippen molar-refractivity contribution in [3.63, 3.8) is 0 Å². The maximum Gasteiger partial charge on any atom is 0.0453 e. The van der Waals surface area contributed by atoms with Gasteiger partial charge in [0, 0.05) is 16.1 Å². The van der Waals surface area contributed by atoms with Crippen molar-refractivity contribution >= 4 is 23.2 Å². The summed E-state index contributed by atoms with van der Waals surface area (Å²) in [6, 6.07) is 6.46. The van der Waals surface area contributed by atoms with E-state index in [4.69, 9.17) is 23.2 Å². The van der Waals surface area contributed by atoms with Gasteiger partial charge in [0.1, 0.15) is 0 Å². The molecule has 0 saturated heterocycles. The minimum absolute atomic E-state index is 0.691. The fraction of sp³-hybridized carbons (Fsp3) is 0.625. The molecule has 0 bridgehead atoms. The van der Waals surface area contributed by atoms with Crippen LogP contribution >= 0.6 is 23.2 Å². The van der Waals surface area contributed by atoms with Gasteiger partial charge in [0.15, 0.2) is 0 Å². The Morgan fingerprint density at radius 2 is 2.00 bits per heavy atom. The van der Waals surface area contributed by atoms with E-state index in [0.29, 0.717) is 11.1 Å². The van der Waals surface area contributed by atoms with Gasteiger partial charge >= 0.3 is 0 Å². The third-order valence-corrected chi connectivity index (χ3v) is 4.69. The largest absolute Gasteiger partial charge is 0.314 e. The number of benzene rings is 1. The van der Waals surface area contributed by atoms with Crippen LogP contribution in [0.5, 0.6) is 0 Å². The monoisotopic (exact) mass is 299 g/mol. The van der Waals surface area contributed by atoms with Gasteiger partial charge in [-0.15, -0.1) is 0 Å². The lowest BCUT2D eigenvalue weighted by Crippen LogP contribution is -2.30. The van der Waals surface area contributed by atoms with E-state index in [1.54, 1.807) is 0 Å². The van der Waals surface area contributed by atoms with Gasteiger partial charge in [-0.05, 0) is 55.8 Å². The Bertz CT molecular complexity index is 406. The summed E-state index contributed by atoms with van der Waals surface area (Å²) >= 11 is 12.1. The van der Waals surface area contributed by atoms with Crippen molar-refractivity contribution in [1.82, 2.24) is 5.32 Å². The first-order chi connectivity index (χ1) is 9.15. The van der Waals surface area contributed by atoms with Crippen molar-refractivity contribution < 1.29 is 0 Å². The molecule has 1 fully saturated rings. The molecule has 0 radical (unpaired) electrons. The first-order valence-corrected chi connectivity index (χ1v) is 8.08. The zero-order valence-corrected chi connectivity index (χ0v) is 13.1. The lowest BCUT2D eigenvalue weighted by atomic mass is 10.0. The average Bonchev–Trinajstić information content (AvgIpc) is 2.57. The zero-order valence-electron chi connectivity index (χ0n) is 11.6. The van der Waals surface area contributed by atoms with Gasteiger partial charge in [0.2, 0.25) is 0 Å². The minimum Gasteiger partial charge on any atom is -0.314 e. The summed E-state index contributed by atoms with van der Waals surface area (Å²) in [5.41, 5.74) is 1.18. The van der Waals surface area contributed by atoms with E-state index in [1.807, 2.05) is 18.2 Å². The summed E-state index contributed by atoms with van der Waals surface area (Å²) in [5.74, 6) is 0.900. The fourth-order valence-corrected chi connectivity index (χ4v) is 3.33. The molecule has 1 nitrogen and oxygen atoms in total. The van der Waals surface area contributed by atoms with Crippen LogP contribution in [-0.2, 0) is 6.42 Å². The van der Waals surface area contributed by atoms with Gasteiger partial charge < -0.3 is 5.32 Å². The quantitative estimate of drug-likeness (QED) is 0.763. The maximum atomic E-state index is 6.18. The first kappa shape index (κ1) is 15.2. The van der Waals surface area contributed by atoms with Gasteiger partial charge in [-0.1, -0.05) is 49.0 Å². The topological polar surface area (TPSA) is 12.0 Å². The van der Waals surface area contributed by atoms with Crippen LogP contribution in [0.2, 0.25) is 10.0 Å². The Morgan fingerprint density at radius 3 is 2.79 bits per heavy atom. The summed E-state index contributed by atoms with van der Waals surface area (Å²) in [6.07, 6.45) is 7.72. The number of halogens is 2. The molecule has 0 heterocycles. The van der Waals surface area contributed by atoms with Crippen molar-refractivity contribution in [2.75, 3.05) is 6.54 Å². The van der Waals surface area contributed by atoms with Crippen LogP contribution < -0.4 is 5.32 Å². The van der Waals surface area contributed by atoms with E-state index >= 15 is 0 Å². The molecule has 0 aliphatic heterocycles. The molecule has 1 N–H and O–H groups in total. The van der Waals surface area contributed by atoms with Crippen LogP contribution in [0, 0.1) is 5.92 Å². The minimum atomic E-state index is 0.691. The molecule has 1 saturated carbocycles. The lowest BCUT2D eigenvalue weighted by molar-refractivity contribution is 0.451. The standard InChI is InChI=1S/C16H23Cl2N/c1-12-3-2-4-15(8-5-12)19-10-9-13-6-7-14(17)11-16(13)18/h6-7,11-12,15,19H,2-5,8-10H2,1H3. The molecule has 0 aromatic heterocycles. The second-order valence-electron chi connectivity index (χ2n) is 5.75. The van der Waals surface area contributed by atoms with Crippen molar-refractivity contribution in [1.29, 1.82) is 0 Å². The van der Waals surface area contributed by atoms with Crippen molar-refractivity contribution in [2.45, 2.75) is 51.5 Å². The van der Waals surface area contributed by atoms with E-state index in [2.05, 4.69) is 12.2 Å². The van der Waals surface area contributed by atoms with Crippen molar-refractivity contribution in [3.05, 3.63) is 33.8 Å². The predicted molar refractivity (Wildman–Crippen MR) is 84.2 cm³/mol. The van der Waals surface area contributed by atoms with Crippen LogP contribution in [0.15, 0.2) is 18.2 Å². The molecule has 0 amide bonds. The molecule has 1 aliphatic rings. The Kier molecular flexibility index (Phi) is 6.00. The van der Waals surface area contributed by atoms with Gasteiger partial charge in [-0.25, -0.2) is 0 Å². The van der Waals surface area contributed by atoms with Gasteiger partial charge in [-0.2, -0.15) is 0 Å². The molecule has 0 spiro atoms. The van der Waals surface area contributed by atoms with Crippen molar-refractivity contribution in [2.24, 2.45) is 5.92 Å². The number of hydrogen-bond acceptors (Lipinski definition) is 1. The van der Waals surface area contributed by atoms with E-state index < -0.39 is 0 Å². The second kappa shape index (κ2) is 7.52. The number of rotatable bonds is 4. The van der Waals surface area contributed by atoms with Gasteiger partial charge in [0.25, 0.3) is 0 Å². The van der Waals surface area contributed by atoms with Crippen molar-refractivity contribution in [3.8, 4) is 0 Å². The Balaban J connectivity index is 1.76. The highest BCUT2D eigenvalue weighted by Gasteiger charge is 2.15. The SMILES string of the molecule is CC1CCCC(NCCc2ccc(Cl)cc2Cl)CC1. The van der Waals surface area contributed by atoms with Gasteiger partial charge in [0.05, 0.1) is 0 Å². The molecule has 2 rings (SSSR count). The lowest BCUT2D eigenvalue weighted by Gasteiger charge is -2.16. The summed E-state index contributed by atoms with van der Waals surface area (Å²) in [4.78, 5) is 0. The highest BCUT2D eigenvalue weighted by atomic mass is 35.5. The Morgan fingerprint density at radius 1 is 1.16 bits per heavy atom. The molecule has 2 atom stereocenters. The fourth-order valence-electron chi connectivity index (χ4n) is 2.83. The van der Waals surface area contributed by atoms with Crippen LogP contribution in [0.25, 0.3) is 0 Å². The third-order valence-electron chi connectivity index (χ3n) is 4.10. The highest BCUT2D eigenvalue weighted by Crippen LogP contribution is 2.23. The zero-order chi connectivity index (χ0) is 13.7. The van der Waals surface area contributed by atoms with Crippen LogP contribution in [0.4, 0.5) is 0 Å². The molecule has 3 heteroatoms. The molecule has 106 valence electrons. The summed E-state index contributed by atoms with van der Waals surface area (Å²) in [7, 11) is 0. The molecule has 1 aromatic carbocycles. The molecule has 1 aliphatic carbocycles. The Labute approximate surface area is 126 Å². The smallest absolute Gasteiger partial charge is 0.0453 e. The third kappa shape index (κ3) is 4.98. The number of nitrogens with one attached hydrogen (secondary N) is 1. The molecular weight excluding hydrogens is 277 g/mol. The molecule has 19 heavy (non-hydrogen) atoms. The van der Waals surface area contributed by atoms with E-state index in [0.717, 1.165) is 23.9 Å². The predicted octanol–water partition coefficient (Wildman–Crippen LogP) is 5.09. The first-order valence-electron chi connectivity index (χ1n) is 7.32. The maximum absolute atomic E-state index is 6.18. The number of hydrogen-bond donors (Lipinski definition) is 1. The molecule has 2 unspecified atom stereocenters. The van der Waals surface area contributed by atoms with Crippen LogP contribution in [0.1, 0.15) is 44.6 Å². The van der Waals surface area contributed by atoms with E-state index in [-0.39, 0.29) is 0 Å². The molecule has 1 aromatic rings. The van der Waals surface area contributed by atoms with E-state index in [9.17, 15) is 0 Å². The summed E-state index contributed by atoms with van der Waals surface area (Å²) < 4.78 is 0.